The lowest BCUT2D eigenvalue weighted by atomic mass is 10.1. The van der Waals surface area contributed by atoms with Crippen molar-refractivity contribution >= 4 is 17.5 Å². The van der Waals surface area contributed by atoms with Gasteiger partial charge in [0.1, 0.15) is 12.1 Å². The lowest BCUT2D eigenvalue weighted by Gasteiger charge is -2.36. The SMILES string of the molecule is CCOC(=O)C(C#N)c1cc(N2CCN(c3ccccc3)CC2)ncn1. The number of rotatable bonds is 5. The van der Waals surface area contributed by atoms with Gasteiger partial charge in [0.15, 0.2) is 5.92 Å². The van der Waals surface area contributed by atoms with Crippen LogP contribution in [0.4, 0.5) is 11.5 Å². The molecule has 134 valence electrons. The fourth-order valence-electron chi connectivity index (χ4n) is 2.99. The van der Waals surface area contributed by atoms with Crippen LogP contribution >= 0.6 is 0 Å². The molecule has 1 aliphatic heterocycles. The van der Waals surface area contributed by atoms with Crippen LogP contribution in [0.15, 0.2) is 42.7 Å². The van der Waals surface area contributed by atoms with Crippen LogP contribution in [0.25, 0.3) is 0 Å². The highest BCUT2D eigenvalue weighted by atomic mass is 16.5. The van der Waals surface area contributed by atoms with Gasteiger partial charge < -0.3 is 14.5 Å². The number of nitrogens with zero attached hydrogens (tertiary/aromatic N) is 5. The Morgan fingerprint density at radius 1 is 1.19 bits per heavy atom. The summed E-state index contributed by atoms with van der Waals surface area (Å²) in [7, 11) is 0. The van der Waals surface area contributed by atoms with Crippen LogP contribution in [-0.2, 0) is 9.53 Å². The lowest BCUT2D eigenvalue weighted by molar-refractivity contribution is -0.143. The molecule has 7 nitrogen and oxygen atoms in total. The van der Waals surface area contributed by atoms with Gasteiger partial charge in [-0.25, -0.2) is 9.97 Å². The Morgan fingerprint density at radius 3 is 2.54 bits per heavy atom. The van der Waals surface area contributed by atoms with Gasteiger partial charge in [-0.3, -0.25) is 4.79 Å². The van der Waals surface area contributed by atoms with Crippen LogP contribution in [0.3, 0.4) is 0 Å². The third kappa shape index (κ3) is 3.91. The molecule has 26 heavy (non-hydrogen) atoms. The first-order valence-corrected chi connectivity index (χ1v) is 8.66. The number of aromatic nitrogens is 2. The number of hydrogen-bond acceptors (Lipinski definition) is 7. The first-order valence-electron chi connectivity index (χ1n) is 8.66. The Hall–Kier alpha value is -3.14. The van der Waals surface area contributed by atoms with E-state index in [1.165, 1.54) is 12.0 Å². The van der Waals surface area contributed by atoms with Crippen molar-refractivity contribution in [3.63, 3.8) is 0 Å². The molecule has 1 aromatic heterocycles. The first kappa shape index (κ1) is 17.7. The quantitative estimate of drug-likeness (QED) is 0.762. The van der Waals surface area contributed by atoms with Crippen molar-refractivity contribution in [1.82, 2.24) is 9.97 Å². The zero-order valence-corrected chi connectivity index (χ0v) is 14.7. The van der Waals surface area contributed by atoms with E-state index >= 15 is 0 Å². The largest absolute Gasteiger partial charge is 0.465 e. The van der Waals surface area contributed by atoms with Crippen molar-refractivity contribution in [3.05, 3.63) is 48.4 Å². The summed E-state index contributed by atoms with van der Waals surface area (Å²) in [6.45, 7) is 5.32. The number of carbonyl (C=O) groups excluding carboxylic acids is 1. The molecular weight excluding hydrogens is 330 g/mol. The van der Waals surface area contributed by atoms with Gasteiger partial charge in [-0.1, -0.05) is 18.2 Å². The van der Waals surface area contributed by atoms with E-state index in [0.29, 0.717) is 5.69 Å². The molecule has 1 aliphatic rings. The second-order valence-electron chi connectivity index (χ2n) is 5.92. The highest BCUT2D eigenvalue weighted by Crippen LogP contribution is 2.22. The Labute approximate surface area is 152 Å². The smallest absolute Gasteiger partial charge is 0.329 e. The standard InChI is InChI=1S/C19H21N5O2/c1-2-26-19(25)16(13-20)17-12-18(22-14-21-17)24-10-8-23(9-11-24)15-6-4-3-5-7-15/h3-7,12,14,16H,2,8-11H2,1H3. The fraction of sp³-hybridized carbons (Fsp3) is 0.368. The number of ether oxygens (including phenoxy) is 1. The van der Waals surface area contributed by atoms with Crippen molar-refractivity contribution in [2.75, 3.05) is 42.6 Å². The van der Waals surface area contributed by atoms with Crippen molar-refractivity contribution in [1.29, 1.82) is 5.26 Å². The minimum absolute atomic E-state index is 0.233. The van der Waals surface area contributed by atoms with Crippen LogP contribution in [0, 0.1) is 11.3 Å². The molecule has 0 N–H and O–H groups in total. The molecule has 2 heterocycles. The minimum Gasteiger partial charge on any atom is -0.465 e. The van der Waals surface area contributed by atoms with E-state index in [0.717, 1.165) is 32.0 Å². The van der Waals surface area contributed by atoms with E-state index in [2.05, 4.69) is 31.9 Å². The molecule has 1 aromatic carbocycles. The van der Waals surface area contributed by atoms with E-state index in [-0.39, 0.29) is 6.61 Å². The molecule has 1 unspecified atom stereocenters. The Morgan fingerprint density at radius 2 is 1.88 bits per heavy atom. The topological polar surface area (TPSA) is 82.4 Å². The minimum atomic E-state index is -1.03. The normalized spacial score (nSPS) is 15.2. The molecule has 1 fully saturated rings. The van der Waals surface area contributed by atoms with Crippen LogP contribution in [0.2, 0.25) is 0 Å². The highest BCUT2D eigenvalue weighted by molar-refractivity contribution is 5.80. The van der Waals surface area contributed by atoms with Gasteiger partial charge >= 0.3 is 5.97 Å². The van der Waals surface area contributed by atoms with E-state index in [1.54, 1.807) is 13.0 Å². The number of para-hydroxylation sites is 1. The van der Waals surface area contributed by atoms with Crippen molar-refractivity contribution in [3.8, 4) is 6.07 Å². The van der Waals surface area contributed by atoms with Crippen molar-refractivity contribution in [2.45, 2.75) is 12.8 Å². The number of nitriles is 1. The summed E-state index contributed by atoms with van der Waals surface area (Å²) in [4.78, 5) is 24.8. The number of piperazine rings is 1. The van der Waals surface area contributed by atoms with Gasteiger partial charge in [0.25, 0.3) is 0 Å². The molecule has 0 bridgehead atoms. The Bertz CT molecular complexity index is 782. The van der Waals surface area contributed by atoms with Crippen LogP contribution in [0.1, 0.15) is 18.5 Å². The second-order valence-corrected chi connectivity index (χ2v) is 5.92. The van der Waals surface area contributed by atoms with Gasteiger partial charge in [0.05, 0.1) is 18.4 Å². The third-order valence-electron chi connectivity index (χ3n) is 4.35. The first-order chi connectivity index (χ1) is 12.7. The Balaban J connectivity index is 1.69. The summed E-state index contributed by atoms with van der Waals surface area (Å²) in [6.07, 6.45) is 1.40. The van der Waals surface area contributed by atoms with E-state index < -0.39 is 11.9 Å². The summed E-state index contributed by atoms with van der Waals surface area (Å²) >= 11 is 0. The Kier molecular flexibility index (Phi) is 5.64. The molecule has 0 aliphatic carbocycles. The molecule has 7 heteroatoms. The maximum Gasteiger partial charge on any atom is 0.329 e. The molecule has 0 radical (unpaired) electrons. The number of benzene rings is 1. The average Bonchev–Trinajstić information content (AvgIpc) is 2.70. The van der Waals surface area contributed by atoms with Crippen LogP contribution in [0.5, 0.6) is 0 Å². The zero-order valence-electron chi connectivity index (χ0n) is 14.7. The summed E-state index contributed by atoms with van der Waals surface area (Å²) in [5.74, 6) is -0.872. The molecule has 2 aromatic rings. The summed E-state index contributed by atoms with van der Waals surface area (Å²) in [5, 5.41) is 9.31. The summed E-state index contributed by atoms with van der Waals surface area (Å²) in [6, 6.07) is 14.0. The highest BCUT2D eigenvalue weighted by Gasteiger charge is 2.25. The number of hydrogen-bond donors (Lipinski definition) is 0. The third-order valence-corrected chi connectivity index (χ3v) is 4.35. The monoisotopic (exact) mass is 351 g/mol. The second kappa shape index (κ2) is 8.30. The predicted octanol–water partition coefficient (Wildman–Crippen LogP) is 1.97. The van der Waals surface area contributed by atoms with E-state index in [1.807, 2.05) is 24.3 Å². The predicted molar refractivity (Wildman–Crippen MR) is 97.9 cm³/mol. The summed E-state index contributed by atoms with van der Waals surface area (Å²) < 4.78 is 4.96. The number of carbonyl (C=O) groups is 1. The molecule has 3 rings (SSSR count). The molecule has 1 atom stereocenters. The molecular formula is C19H21N5O2. The number of esters is 1. The summed E-state index contributed by atoms with van der Waals surface area (Å²) in [5.41, 5.74) is 1.59. The van der Waals surface area contributed by atoms with Gasteiger partial charge in [0, 0.05) is 37.9 Å². The zero-order chi connectivity index (χ0) is 18.4. The van der Waals surface area contributed by atoms with Gasteiger partial charge in [-0.05, 0) is 19.1 Å². The fourth-order valence-corrected chi connectivity index (χ4v) is 2.99. The lowest BCUT2D eigenvalue weighted by Crippen LogP contribution is -2.46. The maximum absolute atomic E-state index is 11.9. The van der Waals surface area contributed by atoms with E-state index in [4.69, 9.17) is 4.74 Å². The molecule has 0 amide bonds. The van der Waals surface area contributed by atoms with Crippen LogP contribution in [-0.4, -0.2) is 48.7 Å². The average molecular weight is 351 g/mol. The van der Waals surface area contributed by atoms with Crippen molar-refractivity contribution in [2.24, 2.45) is 0 Å². The van der Waals surface area contributed by atoms with Gasteiger partial charge in [0.2, 0.25) is 0 Å². The number of anilines is 2. The molecule has 0 spiro atoms. The van der Waals surface area contributed by atoms with Gasteiger partial charge in [-0.15, -0.1) is 0 Å². The molecule has 1 saturated heterocycles. The molecule has 0 saturated carbocycles. The van der Waals surface area contributed by atoms with Crippen LogP contribution < -0.4 is 9.80 Å². The van der Waals surface area contributed by atoms with Gasteiger partial charge in [-0.2, -0.15) is 5.26 Å². The van der Waals surface area contributed by atoms with E-state index in [9.17, 15) is 10.1 Å². The van der Waals surface area contributed by atoms with Crippen molar-refractivity contribution < 1.29 is 9.53 Å². The maximum atomic E-state index is 11.9.